The molecule has 0 amide bonds. The molecule has 2 rings (SSSR count). The summed E-state index contributed by atoms with van der Waals surface area (Å²) in [5.41, 5.74) is 1.67. The molecule has 0 fully saturated rings. The number of rotatable bonds is 7. The van der Waals surface area contributed by atoms with E-state index in [4.69, 9.17) is 0 Å². The third-order valence-electron chi connectivity index (χ3n) is 3.44. The molecule has 22 heavy (non-hydrogen) atoms. The molecule has 0 bridgehead atoms. The first kappa shape index (κ1) is 16.6. The minimum atomic E-state index is -3.27. The molecule has 1 aromatic carbocycles. The zero-order chi connectivity index (χ0) is 16.2. The summed E-state index contributed by atoms with van der Waals surface area (Å²) in [6.07, 6.45) is 1.46. The highest BCUT2D eigenvalue weighted by Gasteiger charge is 2.11. The zero-order valence-electron chi connectivity index (χ0n) is 12.9. The maximum absolute atomic E-state index is 12.2. The molecule has 0 unspecified atom stereocenters. The first-order chi connectivity index (χ1) is 10.4. The third-order valence-corrected chi connectivity index (χ3v) is 4.91. The van der Waals surface area contributed by atoms with E-state index >= 15 is 0 Å². The predicted octanol–water partition coefficient (Wildman–Crippen LogP) is 1.42. The van der Waals surface area contributed by atoms with Gasteiger partial charge in [-0.3, -0.25) is 4.79 Å². The van der Waals surface area contributed by atoms with Crippen LogP contribution < -0.4 is 10.3 Å². The van der Waals surface area contributed by atoms with Crippen LogP contribution in [0.5, 0.6) is 0 Å². The summed E-state index contributed by atoms with van der Waals surface area (Å²) in [4.78, 5) is 16.5. The van der Waals surface area contributed by atoms with Crippen LogP contribution >= 0.6 is 0 Å². The standard InChI is InChI=1S/C15H21N3O3S/c1-3-4-11-22(20,21)16-9-10-18-14-8-6-5-7-13(14)17-12(2)15(18)19/h5-8,16H,3-4,9-11H2,1-2H3. The van der Waals surface area contributed by atoms with Crippen LogP contribution in [0.25, 0.3) is 11.0 Å². The van der Waals surface area contributed by atoms with Crippen LogP contribution in [-0.2, 0) is 16.6 Å². The molecule has 7 heteroatoms. The lowest BCUT2D eigenvalue weighted by molar-refractivity contribution is 0.569. The number of fused-ring (bicyclic) bond motifs is 1. The van der Waals surface area contributed by atoms with Gasteiger partial charge in [0.1, 0.15) is 5.69 Å². The van der Waals surface area contributed by atoms with Crippen LogP contribution in [-0.4, -0.2) is 30.3 Å². The topological polar surface area (TPSA) is 81.1 Å². The molecule has 0 atom stereocenters. The molecule has 1 heterocycles. The normalized spacial score (nSPS) is 11.9. The van der Waals surface area contributed by atoms with Gasteiger partial charge in [-0.2, -0.15) is 0 Å². The van der Waals surface area contributed by atoms with Crippen LogP contribution in [0.4, 0.5) is 0 Å². The summed E-state index contributed by atoms with van der Waals surface area (Å²) in [5.74, 6) is 0.120. The highest BCUT2D eigenvalue weighted by molar-refractivity contribution is 7.89. The molecule has 0 aliphatic carbocycles. The van der Waals surface area contributed by atoms with Gasteiger partial charge in [-0.1, -0.05) is 25.5 Å². The molecule has 0 saturated carbocycles. The van der Waals surface area contributed by atoms with Gasteiger partial charge in [0.05, 0.1) is 16.8 Å². The van der Waals surface area contributed by atoms with Crippen molar-refractivity contribution in [2.75, 3.05) is 12.3 Å². The number of nitrogens with zero attached hydrogens (tertiary/aromatic N) is 2. The van der Waals surface area contributed by atoms with Gasteiger partial charge in [0, 0.05) is 13.1 Å². The lowest BCUT2D eigenvalue weighted by atomic mass is 10.3. The van der Waals surface area contributed by atoms with E-state index in [2.05, 4.69) is 9.71 Å². The van der Waals surface area contributed by atoms with E-state index in [0.29, 0.717) is 17.6 Å². The van der Waals surface area contributed by atoms with Gasteiger partial charge < -0.3 is 4.57 Å². The number of para-hydroxylation sites is 2. The Bertz CT molecular complexity index is 812. The Hall–Kier alpha value is -1.73. The average molecular weight is 323 g/mol. The lowest BCUT2D eigenvalue weighted by Gasteiger charge is -2.12. The van der Waals surface area contributed by atoms with Gasteiger partial charge in [0.15, 0.2) is 0 Å². The maximum Gasteiger partial charge on any atom is 0.272 e. The number of benzene rings is 1. The van der Waals surface area contributed by atoms with Crippen molar-refractivity contribution < 1.29 is 8.42 Å². The van der Waals surface area contributed by atoms with E-state index in [9.17, 15) is 13.2 Å². The van der Waals surface area contributed by atoms with Gasteiger partial charge in [0.25, 0.3) is 5.56 Å². The Labute approximate surface area is 130 Å². The molecule has 1 aromatic heterocycles. The molecule has 120 valence electrons. The van der Waals surface area contributed by atoms with Crippen molar-refractivity contribution in [2.45, 2.75) is 33.2 Å². The molecule has 1 N–H and O–H groups in total. The number of hydrogen-bond acceptors (Lipinski definition) is 4. The number of nitrogens with one attached hydrogen (secondary N) is 1. The summed E-state index contributed by atoms with van der Waals surface area (Å²) >= 11 is 0. The summed E-state index contributed by atoms with van der Waals surface area (Å²) in [6.45, 7) is 4.09. The fourth-order valence-electron chi connectivity index (χ4n) is 2.26. The lowest BCUT2D eigenvalue weighted by Crippen LogP contribution is -2.33. The predicted molar refractivity (Wildman–Crippen MR) is 87.4 cm³/mol. The van der Waals surface area contributed by atoms with Crippen molar-refractivity contribution in [3.05, 3.63) is 40.3 Å². The van der Waals surface area contributed by atoms with E-state index < -0.39 is 10.0 Å². The molecule has 6 nitrogen and oxygen atoms in total. The van der Waals surface area contributed by atoms with E-state index in [1.807, 2.05) is 31.2 Å². The van der Waals surface area contributed by atoms with Crippen LogP contribution in [0.3, 0.4) is 0 Å². The Kier molecular flexibility index (Phi) is 5.31. The SMILES string of the molecule is CCCCS(=O)(=O)NCCn1c(=O)c(C)nc2ccccc21. The largest absolute Gasteiger partial charge is 0.304 e. The van der Waals surface area contributed by atoms with Gasteiger partial charge in [-0.25, -0.2) is 18.1 Å². The first-order valence-corrected chi connectivity index (χ1v) is 9.03. The van der Waals surface area contributed by atoms with Gasteiger partial charge in [-0.15, -0.1) is 0 Å². The quantitative estimate of drug-likeness (QED) is 0.835. The Morgan fingerprint density at radius 2 is 2.00 bits per heavy atom. The summed E-state index contributed by atoms with van der Waals surface area (Å²) < 4.78 is 27.7. The third kappa shape index (κ3) is 3.92. The van der Waals surface area contributed by atoms with E-state index in [1.54, 1.807) is 11.5 Å². The second kappa shape index (κ2) is 7.02. The van der Waals surface area contributed by atoms with Crippen molar-refractivity contribution in [2.24, 2.45) is 0 Å². The number of unbranched alkanes of at least 4 members (excludes halogenated alkanes) is 1. The number of aromatic nitrogens is 2. The van der Waals surface area contributed by atoms with Crippen molar-refractivity contribution in [1.29, 1.82) is 0 Å². The van der Waals surface area contributed by atoms with E-state index in [0.717, 1.165) is 11.9 Å². The molecule has 0 radical (unpaired) electrons. The summed E-state index contributed by atoms with van der Waals surface area (Å²) in [5, 5.41) is 0. The van der Waals surface area contributed by atoms with Gasteiger partial charge >= 0.3 is 0 Å². The second-order valence-electron chi connectivity index (χ2n) is 5.21. The monoisotopic (exact) mass is 323 g/mol. The van der Waals surface area contributed by atoms with Crippen molar-refractivity contribution in [1.82, 2.24) is 14.3 Å². The fourth-order valence-corrected chi connectivity index (χ4v) is 3.48. The highest BCUT2D eigenvalue weighted by atomic mass is 32.2. The smallest absolute Gasteiger partial charge is 0.272 e. The highest BCUT2D eigenvalue weighted by Crippen LogP contribution is 2.09. The maximum atomic E-state index is 12.2. The number of sulfonamides is 1. The minimum absolute atomic E-state index is 0.120. The summed E-state index contributed by atoms with van der Waals surface area (Å²) in [6, 6.07) is 7.34. The van der Waals surface area contributed by atoms with Crippen LogP contribution in [0.15, 0.2) is 29.1 Å². The van der Waals surface area contributed by atoms with E-state index in [-0.39, 0.29) is 24.4 Å². The number of hydrogen-bond donors (Lipinski definition) is 1. The van der Waals surface area contributed by atoms with Crippen LogP contribution in [0.1, 0.15) is 25.5 Å². The van der Waals surface area contributed by atoms with Crippen LogP contribution in [0, 0.1) is 6.92 Å². The van der Waals surface area contributed by atoms with Crippen LogP contribution in [0.2, 0.25) is 0 Å². The molecular weight excluding hydrogens is 302 g/mol. The second-order valence-corrected chi connectivity index (χ2v) is 7.14. The number of aryl methyl sites for hydroxylation is 1. The van der Waals surface area contributed by atoms with Crippen molar-refractivity contribution in [3.63, 3.8) is 0 Å². The molecular formula is C15H21N3O3S. The molecule has 0 spiro atoms. The van der Waals surface area contributed by atoms with Gasteiger partial charge in [0.2, 0.25) is 10.0 Å². The zero-order valence-corrected chi connectivity index (χ0v) is 13.7. The van der Waals surface area contributed by atoms with E-state index in [1.165, 1.54) is 0 Å². The molecule has 0 aliphatic rings. The molecule has 0 saturated heterocycles. The van der Waals surface area contributed by atoms with Crippen molar-refractivity contribution >= 4 is 21.1 Å². The molecule has 2 aromatic rings. The Morgan fingerprint density at radius 3 is 2.73 bits per heavy atom. The Balaban J connectivity index is 2.18. The molecule has 0 aliphatic heterocycles. The fraction of sp³-hybridized carbons (Fsp3) is 0.467. The summed E-state index contributed by atoms with van der Waals surface area (Å²) in [7, 11) is -3.27. The minimum Gasteiger partial charge on any atom is -0.304 e. The Morgan fingerprint density at radius 1 is 1.27 bits per heavy atom. The average Bonchev–Trinajstić information content (AvgIpc) is 2.49. The van der Waals surface area contributed by atoms with Gasteiger partial charge in [-0.05, 0) is 25.5 Å². The van der Waals surface area contributed by atoms with Crippen molar-refractivity contribution in [3.8, 4) is 0 Å². The first-order valence-electron chi connectivity index (χ1n) is 7.38.